The van der Waals surface area contributed by atoms with E-state index in [1.807, 2.05) is 0 Å². The number of nitrogens with zero attached hydrogens (tertiary/aromatic N) is 3. The number of amides is 1. The zero-order valence-corrected chi connectivity index (χ0v) is 15.7. The average molecular weight is 399 g/mol. The summed E-state index contributed by atoms with van der Waals surface area (Å²) >= 11 is 5.10. The van der Waals surface area contributed by atoms with E-state index in [0.717, 1.165) is 0 Å². The van der Waals surface area contributed by atoms with Crippen LogP contribution < -0.4 is 5.32 Å². The number of imidazole rings is 1. The van der Waals surface area contributed by atoms with Gasteiger partial charge in [-0.1, -0.05) is 0 Å². The van der Waals surface area contributed by atoms with Crippen LogP contribution in [-0.4, -0.2) is 71.5 Å². The Morgan fingerprint density at radius 2 is 2.15 bits per heavy atom. The molecule has 4 atom stereocenters. The van der Waals surface area contributed by atoms with Gasteiger partial charge < -0.3 is 29.8 Å². The van der Waals surface area contributed by atoms with E-state index in [4.69, 9.17) is 21.7 Å². The van der Waals surface area contributed by atoms with Crippen molar-refractivity contribution in [3.63, 3.8) is 0 Å². The van der Waals surface area contributed by atoms with Crippen molar-refractivity contribution in [2.24, 2.45) is 0 Å². The number of hydrogen-bond donors (Lipinski definition) is 5. The summed E-state index contributed by atoms with van der Waals surface area (Å²) in [7, 11) is 0. The van der Waals surface area contributed by atoms with Gasteiger partial charge in [0.2, 0.25) is 0 Å². The highest BCUT2D eigenvalue weighted by molar-refractivity contribution is 7.71. The van der Waals surface area contributed by atoms with Gasteiger partial charge in [0.05, 0.1) is 12.9 Å². The quantitative estimate of drug-likeness (QED) is 0.463. The van der Waals surface area contributed by atoms with Crippen molar-refractivity contribution in [2.45, 2.75) is 50.9 Å². The number of ether oxygens (including phenoxy) is 2. The molecule has 3 heterocycles. The Morgan fingerprint density at radius 3 is 2.74 bits per heavy atom. The van der Waals surface area contributed by atoms with Crippen molar-refractivity contribution in [3.05, 3.63) is 11.1 Å². The van der Waals surface area contributed by atoms with Crippen molar-refractivity contribution in [3.8, 4) is 0 Å². The first kappa shape index (κ1) is 19.6. The molecule has 5 N–H and O–H groups in total. The second-order valence-corrected chi connectivity index (χ2v) is 7.48. The molecule has 0 unspecified atom stereocenters. The second-order valence-electron chi connectivity index (χ2n) is 7.10. The fourth-order valence-electron chi connectivity index (χ4n) is 2.72. The van der Waals surface area contributed by atoms with Gasteiger partial charge in [-0.2, -0.15) is 4.98 Å². The van der Waals surface area contributed by atoms with Gasteiger partial charge in [-0.05, 0) is 33.0 Å². The number of aromatic nitrogens is 4. The molecule has 148 valence electrons. The van der Waals surface area contributed by atoms with Gasteiger partial charge in [-0.15, -0.1) is 0 Å². The molecule has 1 amide bonds. The smallest absolute Gasteiger partial charge is 0.413 e. The van der Waals surface area contributed by atoms with E-state index in [0.29, 0.717) is 0 Å². The summed E-state index contributed by atoms with van der Waals surface area (Å²) in [6, 6.07) is 0. The number of rotatable bonds is 3. The predicted octanol–water partition coefficient (Wildman–Crippen LogP) is 0.447. The fourth-order valence-corrected chi connectivity index (χ4v) is 2.91. The van der Waals surface area contributed by atoms with Crippen LogP contribution in [0.15, 0.2) is 6.33 Å². The molecule has 2 aromatic rings. The Kier molecular flexibility index (Phi) is 5.18. The number of aliphatic hydroxyl groups excluding tert-OH is 3. The lowest BCUT2D eigenvalue weighted by atomic mass is 10.1. The topological polar surface area (TPSA) is 155 Å². The summed E-state index contributed by atoms with van der Waals surface area (Å²) < 4.78 is 12.1. The standard InChI is InChI=1S/C15H21N5O6S/c1-15(2,3)26-14(24)18-10-7-11(19-13(27)17-10)20(5-16-7)12-9(23)8(22)6(4-21)25-12/h5-6,8-9,12,21-23H,4H2,1-3H3,(H2,17,18,19,24,27)/t6-,8-,9-,12-/m1/s1. The maximum Gasteiger partial charge on any atom is 0.413 e. The van der Waals surface area contributed by atoms with Crippen molar-refractivity contribution >= 4 is 35.3 Å². The Morgan fingerprint density at radius 1 is 1.44 bits per heavy atom. The normalized spacial score (nSPS) is 25.7. The number of fused-ring (bicyclic) bond motifs is 1. The average Bonchev–Trinajstić information content (AvgIpc) is 3.08. The van der Waals surface area contributed by atoms with Crippen LogP contribution in [0.3, 0.4) is 0 Å². The number of aromatic amines is 1. The monoisotopic (exact) mass is 399 g/mol. The van der Waals surface area contributed by atoms with E-state index in [-0.39, 0.29) is 21.8 Å². The van der Waals surface area contributed by atoms with Crippen LogP contribution in [0.1, 0.15) is 27.0 Å². The minimum atomic E-state index is -1.30. The summed E-state index contributed by atoms with van der Waals surface area (Å²) in [5.74, 6) is 0.171. The van der Waals surface area contributed by atoms with E-state index >= 15 is 0 Å². The van der Waals surface area contributed by atoms with E-state index in [1.54, 1.807) is 20.8 Å². The molecule has 0 saturated carbocycles. The van der Waals surface area contributed by atoms with Crippen molar-refractivity contribution < 1.29 is 29.6 Å². The molecule has 0 aliphatic carbocycles. The molecule has 1 aliphatic heterocycles. The molecular weight excluding hydrogens is 378 g/mol. The van der Waals surface area contributed by atoms with Gasteiger partial charge in [0.15, 0.2) is 16.6 Å². The predicted molar refractivity (Wildman–Crippen MR) is 95.6 cm³/mol. The van der Waals surface area contributed by atoms with Crippen LogP contribution in [0.25, 0.3) is 11.2 Å². The lowest BCUT2D eigenvalue weighted by molar-refractivity contribution is -0.0511. The fraction of sp³-hybridized carbons (Fsp3) is 0.600. The molecule has 0 radical (unpaired) electrons. The highest BCUT2D eigenvalue weighted by Crippen LogP contribution is 2.32. The molecule has 0 bridgehead atoms. The zero-order valence-electron chi connectivity index (χ0n) is 14.9. The van der Waals surface area contributed by atoms with Gasteiger partial charge in [-0.3, -0.25) is 9.88 Å². The molecule has 11 nitrogen and oxygen atoms in total. The van der Waals surface area contributed by atoms with Gasteiger partial charge >= 0.3 is 6.09 Å². The molecule has 2 aromatic heterocycles. The summed E-state index contributed by atoms with van der Waals surface area (Å²) in [5, 5.41) is 31.9. The Labute approximate surface area is 159 Å². The molecule has 1 saturated heterocycles. The lowest BCUT2D eigenvalue weighted by Gasteiger charge is -2.19. The van der Waals surface area contributed by atoms with E-state index < -0.39 is 42.8 Å². The molecule has 3 rings (SSSR count). The first-order chi connectivity index (χ1) is 12.6. The molecule has 1 aliphatic rings. The highest BCUT2D eigenvalue weighted by Gasteiger charge is 2.44. The molecular formula is C15H21N5O6S. The summed E-state index contributed by atoms with van der Waals surface area (Å²) in [5.41, 5.74) is -0.212. The van der Waals surface area contributed by atoms with Gasteiger partial charge in [0, 0.05) is 0 Å². The number of aliphatic hydroxyl groups is 3. The minimum Gasteiger partial charge on any atom is -0.444 e. The molecule has 1 fully saturated rings. The third kappa shape index (κ3) is 3.94. The number of nitrogens with one attached hydrogen (secondary N) is 2. The number of carbonyl (C=O) groups excluding carboxylic acids is 1. The summed E-state index contributed by atoms with van der Waals surface area (Å²) in [6.07, 6.45) is -3.92. The maximum atomic E-state index is 12.1. The number of hydrogen-bond acceptors (Lipinski definition) is 9. The first-order valence-electron chi connectivity index (χ1n) is 8.20. The zero-order chi connectivity index (χ0) is 19.9. The number of anilines is 1. The van der Waals surface area contributed by atoms with E-state index in [1.165, 1.54) is 10.9 Å². The SMILES string of the molecule is CC(C)(C)OC(=O)Nc1[nH]c(=S)nc2c1ncn2[C@@H]1O[C@H](CO)[C@@H](O)[C@H]1O. The number of carbonyl (C=O) groups is 1. The van der Waals surface area contributed by atoms with Crippen molar-refractivity contribution in [1.29, 1.82) is 0 Å². The van der Waals surface area contributed by atoms with Crippen LogP contribution in [0.4, 0.5) is 10.6 Å². The Balaban J connectivity index is 1.96. The molecule has 27 heavy (non-hydrogen) atoms. The van der Waals surface area contributed by atoms with Crippen LogP contribution in [-0.2, 0) is 9.47 Å². The van der Waals surface area contributed by atoms with Crippen molar-refractivity contribution in [2.75, 3.05) is 11.9 Å². The van der Waals surface area contributed by atoms with Crippen LogP contribution in [0.5, 0.6) is 0 Å². The Bertz CT molecular complexity index is 906. The second kappa shape index (κ2) is 7.13. The third-order valence-corrected chi connectivity index (χ3v) is 4.05. The molecule has 0 aromatic carbocycles. The Hall–Kier alpha value is -2.12. The largest absolute Gasteiger partial charge is 0.444 e. The van der Waals surface area contributed by atoms with Crippen molar-refractivity contribution in [1.82, 2.24) is 19.5 Å². The molecule has 0 spiro atoms. The van der Waals surface area contributed by atoms with Crippen LogP contribution in [0, 0.1) is 4.77 Å². The maximum absolute atomic E-state index is 12.1. The third-order valence-electron chi connectivity index (χ3n) is 3.86. The first-order valence-corrected chi connectivity index (χ1v) is 8.61. The number of H-pyrrole nitrogens is 1. The minimum absolute atomic E-state index is 0.0575. The van der Waals surface area contributed by atoms with Gasteiger partial charge in [-0.25, -0.2) is 9.78 Å². The van der Waals surface area contributed by atoms with Gasteiger partial charge in [0.25, 0.3) is 0 Å². The van der Waals surface area contributed by atoms with E-state index in [9.17, 15) is 20.1 Å². The lowest BCUT2D eigenvalue weighted by Crippen LogP contribution is -2.33. The highest BCUT2D eigenvalue weighted by atomic mass is 32.1. The van der Waals surface area contributed by atoms with Gasteiger partial charge in [0.1, 0.15) is 35.2 Å². The van der Waals surface area contributed by atoms with E-state index in [2.05, 4.69) is 20.3 Å². The molecule has 12 heteroatoms. The summed E-state index contributed by atoms with van der Waals surface area (Å²) in [6.45, 7) is 4.73. The van der Waals surface area contributed by atoms with Crippen LogP contribution >= 0.6 is 12.2 Å². The van der Waals surface area contributed by atoms with Crippen LogP contribution in [0.2, 0.25) is 0 Å². The summed E-state index contributed by atoms with van der Waals surface area (Å²) in [4.78, 5) is 23.1.